The van der Waals surface area contributed by atoms with Crippen LogP contribution in [-0.4, -0.2) is 22.2 Å². The second kappa shape index (κ2) is 4.76. The first-order valence-corrected chi connectivity index (χ1v) is 4.76. The van der Waals surface area contributed by atoms with Gasteiger partial charge in [-0.05, 0) is 12.0 Å². The Kier molecular flexibility index (Phi) is 3.63. The van der Waals surface area contributed by atoms with Gasteiger partial charge in [-0.15, -0.1) is 0 Å². The highest BCUT2D eigenvalue weighted by Gasteiger charge is 2.36. The van der Waals surface area contributed by atoms with E-state index in [0.717, 1.165) is 0 Å². The van der Waals surface area contributed by atoms with Gasteiger partial charge in [-0.2, -0.15) is 0 Å². The molecule has 0 aliphatic carbocycles. The van der Waals surface area contributed by atoms with E-state index in [-0.39, 0.29) is 12.8 Å². The fraction of sp³-hybridized carbons (Fsp3) is 0.273. The summed E-state index contributed by atoms with van der Waals surface area (Å²) in [5.41, 5.74) is 4.51. The molecule has 16 heavy (non-hydrogen) atoms. The minimum Gasteiger partial charge on any atom is -0.481 e. The molecule has 0 aliphatic rings. The lowest BCUT2D eigenvalue weighted by Crippen LogP contribution is -2.45. The van der Waals surface area contributed by atoms with E-state index in [9.17, 15) is 9.59 Å². The van der Waals surface area contributed by atoms with Gasteiger partial charge in [0.1, 0.15) is 5.54 Å². The summed E-state index contributed by atoms with van der Waals surface area (Å²) in [7, 11) is 0. The largest absolute Gasteiger partial charge is 0.481 e. The molecule has 0 bridgehead atoms. The normalized spacial score (nSPS) is 14.1. The van der Waals surface area contributed by atoms with E-state index in [1.165, 1.54) is 0 Å². The van der Waals surface area contributed by atoms with Gasteiger partial charge in [0.2, 0.25) is 0 Å². The summed E-state index contributed by atoms with van der Waals surface area (Å²) in [6.45, 7) is 0. The van der Waals surface area contributed by atoms with Crippen LogP contribution in [0.5, 0.6) is 0 Å². The van der Waals surface area contributed by atoms with Crippen LogP contribution in [0.25, 0.3) is 0 Å². The van der Waals surface area contributed by atoms with Crippen molar-refractivity contribution in [3.05, 3.63) is 35.9 Å². The van der Waals surface area contributed by atoms with Crippen molar-refractivity contribution in [3.8, 4) is 0 Å². The van der Waals surface area contributed by atoms with Crippen molar-refractivity contribution in [1.82, 2.24) is 0 Å². The third-order valence-corrected chi connectivity index (χ3v) is 2.40. The lowest BCUT2D eigenvalue weighted by molar-refractivity contribution is -0.145. The van der Waals surface area contributed by atoms with Crippen molar-refractivity contribution in [2.75, 3.05) is 0 Å². The van der Waals surface area contributed by atoms with E-state index in [4.69, 9.17) is 15.9 Å². The molecule has 4 N–H and O–H groups in total. The molecule has 0 saturated heterocycles. The van der Waals surface area contributed by atoms with Crippen LogP contribution in [0, 0.1) is 0 Å². The van der Waals surface area contributed by atoms with Gasteiger partial charge in [0.25, 0.3) is 0 Å². The number of hydrogen-bond acceptors (Lipinski definition) is 3. The summed E-state index contributed by atoms with van der Waals surface area (Å²) in [6, 6.07) is 8.23. The summed E-state index contributed by atoms with van der Waals surface area (Å²) in [5, 5.41) is 17.6. The second-order valence-electron chi connectivity index (χ2n) is 3.54. The van der Waals surface area contributed by atoms with Crippen LogP contribution in [0.3, 0.4) is 0 Å². The molecule has 0 unspecified atom stereocenters. The lowest BCUT2D eigenvalue weighted by Gasteiger charge is -2.24. The van der Waals surface area contributed by atoms with E-state index < -0.39 is 17.5 Å². The Hall–Kier alpha value is -1.88. The number of aliphatic carboxylic acids is 2. The third-order valence-electron chi connectivity index (χ3n) is 2.40. The van der Waals surface area contributed by atoms with Crippen molar-refractivity contribution in [2.45, 2.75) is 18.4 Å². The maximum absolute atomic E-state index is 11.1. The van der Waals surface area contributed by atoms with Crippen LogP contribution < -0.4 is 5.73 Å². The average Bonchev–Trinajstić information content (AvgIpc) is 2.26. The number of nitrogens with two attached hydrogens (primary N) is 1. The molecular formula is C11H13NO4. The highest BCUT2D eigenvalue weighted by atomic mass is 16.4. The van der Waals surface area contributed by atoms with Crippen LogP contribution in [0.4, 0.5) is 0 Å². The second-order valence-corrected chi connectivity index (χ2v) is 3.54. The molecule has 1 aromatic carbocycles. The molecule has 86 valence electrons. The first-order valence-electron chi connectivity index (χ1n) is 4.76. The number of carboxylic acid groups (broad SMARTS) is 2. The van der Waals surface area contributed by atoms with Gasteiger partial charge in [-0.25, -0.2) is 4.79 Å². The highest BCUT2D eigenvalue weighted by Crippen LogP contribution is 2.23. The van der Waals surface area contributed by atoms with E-state index in [1.807, 2.05) is 0 Å². The zero-order valence-corrected chi connectivity index (χ0v) is 8.59. The minimum absolute atomic E-state index is 0.137. The predicted octanol–water partition coefficient (Wildman–Crippen LogP) is 0.790. The van der Waals surface area contributed by atoms with E-state index >= 15 is 0 Å². The smallest absolute Gasteiger partial charge is 0.328 e. The molecule has 1 aromatic rings. The van der Waals surface area contributed by atoms with E-state index in [2.05, 4.69) is 0 Å². The van der Waals surface area contributed by atoms with Gasteiger partial charge in [0.05, 0.1) is 0 Å². The van der Waals surface area contributed by atoms with Crippen molar-refractivity contribution < 1.29 is 19.8 Å². The van der Waals surface area contributed by atoms with E-state index in [1.54, 1.807) is 30.3 Å². The molecule has 5 nitrogen and oxygen atoms in total. The third kappa shape index (κ3) is 2.58. The van der Waals surface area contributed by atoms with Gasteiger partial charge in [0, 0.05) is 6.42 Å². The topological polar surface area (TPSA) is 101 Å². The number of hydrogen-bond donors (Lipinski definition) is 3. The zero-order valence-electron chi connectivity index (χ0n) is 8.59. The number of carbonyl (C=O) groups is 2. The van der Waals surface area contributed by atoms with Crippen molar-refractivity contribution in [1.29, 1.82) is 0 Å². The summed E-state index contributed by atoms with van der Waals surface area (Å²) in [6.07, 6.45) is -0.417. The molecule has 0 spiro atoms. The summed E-state index contributed by atoms with van der Waals surface area (Å²) in [4.78, 5) is 21.6. The molecule has 1 atom stereocenters. The monoisotopic (exact) mass is 223 g/mol. The predicted molar refractivity (Wildman–Crippen MR) is 56.8 cm³/mol. The van der Waals surface area contributed by atoms with Gasteiger partial charge in [-0.1, -0.05) is 30.3 Å². The fourth-order valence-electron chi connectivity index (χ4n) is 1.41. The molecule has 5 heteroatoms. The Morgan fingerprint density at radius 2 is 1.75 bits per heavy atom. The Labute approximate surface area is 92.5 Å². The van der Waals surface area contributed by atoms with Gasteiger partial charge in [-0.3, -0.25) is 4.79 Å². The summed E-state index contributed by atoms with van der Waals surface area (Å²) >= 11 is 0. The van der Waals surface area contributed by atoms with Crippen LogP contribution in [-0.2, 0) is 15.1 Å². The molecule has 0 fully saturated rings. The van der Waals surface area contributed by atoms with Crippen LogP contribution in [0.1, 0.15) is 18.4 Å². The van der Waals surface area contributed by atoms with Gasteiger partial charge in [0.15, 0.2) is 0 Å². The SMILES string of the molecule is N[C@](CCC(=O)O)(C(=O)O)c1ccccc1. The van der Waals surface area contributed by atoms with Crippen LogP contribution in [0.2, 0.25) is 0 Å². The molecule has 0 saturated carbocycles. The number of carboxylic acids is 2. The maximum atomic E-state index is 11.1. The van der Waals surface area contributed by atoms with E-state index in [0.29, 0.717) is 5.56 Å². The van der Waals surface area contributed by atoms with Crippen LogP contribution >= 0.6 is 0 Å². The molecular weight excluding hydrogens is 210 g/mol. The standard InChI is InChI=1S/C11H13NO4/c12-11(10(15)16,7-6-9(13)14)8-4-2-1-3-5-8/h1-5H,6-7,12H2,(H,13,14)(H,15,16)/t11-/m0/s1. The van der Waals surface area contributed by atoms with Crippen molar-refractivity contribution >= 4 is 11.9 Å². The quantitative estimate of drug-likeness (QED) is 0.685. The molecule has 0 heterocycles. The first kappa shape index (κ1) is 12.2. The zero-order chi connectivity index (χ0) is 12.2. The summed E-state index contributed by atoms with van der Waals surface area (Å²) in [5.74, 6) is -2.29. The number of benzene rings is 1. The molecule has 0 amide bonds. The lowest BCUT2D eigenvalue weighted by atomic mass is 9.86. The molecule has 0 aromatic heterocycles. The van der Waals surface area contributed by atoms with Crippen molar-refractivity contribution in [2.24, 2.45) is 5.73 Å². The van der Waals surface area contributed by atoms with Crippen molar-refractivity contribution in [3.63, 3.8) is 0 Å². The van der Waals surface area contributed by atoms with Gasteiger partial charge >= 0.3 is 11.9 Å². The highest BCUT2D eigenvalue weighted by molar-refractivity contribution is 5.81. The first-order chi connectivity index (χ1) is 7.47. The van der Waals surface area contributed by atoms with Gasteiger partial charge < -0.3 is 15.9 Å². The molecule has 1 rings (SSSR count). The Morgan fingerprint density at radius 3 is 2.19 bits per heavy atom. The average molecular weight is 223 g/mol. The minimum atomic E-state index is -1.64. The number of rotatable bonds is 5. The maximum Gasteiger partial charge on any atom is 0.328 e. The Bertz CT molecular complexity index is 390. The molecule has 0 aliphatic heterocycles. The Morgan fingerprint density at radius 1 is 1.19 bits per heavy atom. The summed E-state index contributed by atoms with van der Waals surface area (Å²) < 4.78 is 0. The fourth-order valence-corrected chi connectivity index (χ4v) is 1.41. The Balaban J connectivity index is 2.98. The van der Waals surface area contributed by atoms with Crippen LogP contribution in [0.15, 0.2) is 30.3 Å². The molecule has 0 radical (unpaired) electrons.